The molecule has 1 N–H and O–H groups in total. The average Bonchev–Trinajstić information content (AvgIpc) is 2.31. The van der Waals surface area contributed by atoms with Crippen LogP contribution in [0.2, 0.25) is 0 Å². The second-order valence-corrected chi connectivity index (χ2v) is 5.98. The van der Waals surface area contributed by atoms with E-state index in [4.69, 9.17) is 5.41 Å². The SMILES string of the molecule is CC1=NC2=NC3=NC(=N)C(C)CC3CC2CC1C. The molecule has 0 bridgehead atoms. The van der Waals surface area contributed by atoms with Crippen molar-refractivity contribution in [3.05, 3.63) is 0 Å². The molecule has 0 saturated carbocycles. The lowest BCUT2D eigenvalue weighted by molar-refractivity contribution is 0.405. The van der Waals surface area contributed by atoms with Crippen molar-refractivity contribution in [1.29, 1.82) is 5.41 Å². The number of amidine groups is 3. The number of hydrogen-bond acceptors (Lipinski definition) is 3. The molecule has 0 amide bonds. The predicted octanol–water partition coefficient (Wildman–Crippen LogP) is 2.94. The minimum absolute atomic E-state index is 0.279. The normalized spacial score (nSPS) is 39.3. The summed E-state index contributed by atoms with van der Waals surface area (Å²) in [6, 6.07) is 0. The molecule has 0 aromatic carbocycles. The average molecular weight is 244 g/mol. The van der Waals surface area contributed by atoms with Gasteiger partial charge < -0.3 is 0 Å². The van der Waals surface area contributed by atoms with Crippen LogP contribution in [0.3, 0.4) is 0 Å². The van der Waals surface area contributed by atoms with Crippen LogP contribution in [0.4, 0.5) is 0 Å². The zero-order chi connectivity index (χ0) is 12.9. The lowest BCUT2D eigenvalue weighted by Gasteiger charge is -2.35. The monoisotopic (exact) mass is 244 g/mol. The summed E-state index contributed by atoms with van der Waals surface area (Å²) in [4.78, 5) is 13.6. The number of aliphatic imine (C=N–C) groups is 3. The molecule has 18 heavy (non-hydrogen) atoms. The highest BCUT2D eigenvalue weighted by molar-refractivity contribution is 6.11. The van der Waals surface area contributed by atoms with Crippen molar-refractivity contribution in [3.8, 4) is 0 Å². The van der Waals surface area contributed by atoms with E-state index in [1.165, 1.54) is 12.1 Å². The molecule has 0 aliphatic carbocycles. The second kappa shape index (κ2) is 4.11. The van der Waals surface area contributed by atoms with Gasteiger partial charge in [-0.05, 0) is 32.1 Å². The van der Waals surface area contributed by atoms with Gasteiger partial charge in [-0.15, -0.1) is 0 Å². The van der Waals surface area contributed by atoms with E-state index in [0.717, 1.165) is 24.5 Å². The smallest absolute Gasteiger partial charge is 0.135 e. The third-order valence-electron chi connectivity index (χ3n) is 4.51. The first-order valence-electron chi connectivity index (χ1n) is 6.85. The first-order chi connectivity index (χ1) is 8.54. The molecule has 3 heterocycles. The third-order valence-corrected chi connectivity index (χ3v) is 4.51. The van der Waals surface area contributed by atoms with Crippen LogP contribution in [0.15, 0.2) is 15.0 Å². The van der Waals surface area contributed by atoms with Crippen LogP contribution < -0.4 is 0 Å². The molecule has 3 rings (SSSR count). The highest BCUT2D eigenvalue weighted by atomic mass is 15.1. The Morgan fingerprint density at radius 1 is 0.889 bits per heavy atom. The van der Waals surface area contributed by atoms with E-state index < -0.39 is 0 Å². The maximum absolute atomic E-state index is 7.83. The summed E-state index contributed by atoms with van der Waals surface area (Å²) in [5.74, 6) is 4.11. The number of nitrogens with zero attached hydrogens (tertiary/aromatic N) is 3. The first-order valence-corrected chi connectivity index (χ1v) is 6.85. The van der Waals surface area contributed by atoms with Crippen molar-refractivity contribution in [1.82, 2.24) is 0 Å². The van der Waals surface area contributed by atoms with Crippen LogP contribution >= 0.6 is 0 Å². The molecule has 0 radical (unpaired) electrons. The number of nitrogens with one attached hydrogen (secondary N) is 1. The van der Waals surface area contributed by atoms with Crippen LogP contribution in [0.5, 0.6) is 0 Å². The Hall–Kier alpha value is -1.32. The van der Waals surface area contributed by atoms with E-state index in [2.05, 4.69) is 35.7 Å². The summed E-state index contributed by atoms with van der Waals surface area (Å²) in [6.07, 6.45) is 3.32. The molecule has 0 spiro atoms. The van der Waals surface area contributed by atoms with Crippen molar-refractivity contribution < 1.29 is 0 Å². The molecular weight excluding hydrogens is 224 g/mol. The molecule has 4 unspecified atom stereocenters. The standard InChI is InChI=1S/C14H20N4/c1-7-4-10-6-11-5-8(2)12(15)17-14(11)18-13(10)16-9(7)3/h7-8,10-11,15H,4-6H2,1-3H3. The maximum atomic E-state index is 7.83. The summed E-state index contributed by atoms with van der Waals surface area (Å²) in [5.41, 5.74) is 1.18. The van der Waals surface area contributed by atoms with E-state index in [1.807, 2.05) is 0 Å². The van der Waals surface area contributed by atoms with Gasteiger partial charge in [-0.1, -0.05) is 13.8 Å². The molecule has 0 saturated heterocycles. The lowest BCUT2D eigenvalue weighted by Crippen LogP contribution is -2.37. The van der Waals surface area contributed by atoms with Crippen LogP contribution in [-0.2, 0) is 0 Å². The fourth-order valence-corrected chi connectivity index (χ4v) is 3.15. The van der Waals surface area contributed by atoms with Gasteiger partial charge in [0.1, 0.15) is 17.5 Å². The Kier molecular flexibility index (Phi) is 2.68. The zero-order valence-corrected chi connectivity index (χ0v) is 11.3. The molecule has 4 nitrogen and oxygen atoms in total. The fourth-order valence-electron chi connectivity index (χ4n) is 3.15. The van der Waals surface area contributed by atoms with Gasteiger partial charge in [0.2, 0.25) is 0 Å². The fraction of sp³-hybridized carbons (Fsp3) is 0.714. The predicted molar refractivity (Wildman–Crippen MR) is 74.9 cm³/mol. The molecule has 0 aromatic heterocycles. The zero-order valence-electron chi connectivity index (χ0n) is 11.3. The molecule has 0 fully saturated rings. The summed E-state index contributed by atoms with van der Waals surface area (Å²) in [5, 5.41) is 7.83. The second-order valence-electron chi connectivity index (χ2n) is 5.98. The van der Waals surface area contributed by atoms with Crippen molar-refractivity contribution in [2.75, 3.05) is 0 Å². The molecule has 3 aliphatic heterocycles. The van der Waals surface area contributed by atoms with Gasteiger partial charge in [0, 0.05) is 23.5 Å². The molecule has 4 atom stereocenters. The van der Waals surface area contributed by atoms with Gasteiger partial charge in [0.25, 0.3) is 0 Å². The quantitative estimate of drug-likeness (QED) is 0.681. The van der Waals surface area contributed by atoms with Crippen LogP contribution in [0.1, 0.15) is 40.0 Å². The highest BCUT2D eigenvalue weighted by Gasteiger charge is 2.37. The van der Waals surface area contributed by atoms with Gasteiger partial charge in [0.15, 0.2) is 0 Å². The van der Waals surface area contributed by atoms with E-state index in [9.17, 15) is 0 Å². The summed E-state index contributed by atoms with van der Waals surface area (Å²) >= 11 is 0. The molecule has 4 heteroatoms. The number of hydrogen-bond donors (Lipinski definition) is 1. The van der Waals surface area contributed by atoms with E-state index in [0.29, 0.717) is 23.6 Å². The van der Waals surface area contributed by atoms with Crippen molar-refractivity contribution in [2.45, 2.75) is 40.0 Å². The van der Waals surface area contributed by atoms with E-state index in [1.54, 1.807) is 0 Å². The van der Waals surface area contributed by atoms with E-state index >= 15 is 0 Å². The largest absolute Gasteiger partial charge is 0.286 e. The lowest BCUT2D eigenvalue weighted by atomic mass is 9.77. The summed E-state index contributed by atoms with van der Waals surface area (Å²) in [7, 11) is 0. The Balaban J connectivity index is 1.98. The minimum atomic E-state index is 0.279. The number of rotatable bonds is 0. The van der Waals surface area contributed by atoms with Crippen molar-refractivity contribution in [2.24, 2.45) is 38.6 Å². The van der Waals surface area contributed by atoms with Crippen LogP contribution in [0.25, 0.3) is 0 Å². The molecule has 96 valence electrons. The Morgan fingerprint density at radius 3 is 2.22 bits per heavy atom. The van der Waals surface area contributed by atoms with E-state index in [-0.39, 0.29) is 5.92 Å². The Bertz CT molecular complexity index is 486. The summed E-state index contributed by atoms with van der Waals surface area (Å²) in [6.45, 7) is 6.42. The van der Waals surface area contributed by atoms with Gasteiger partial charge in [-0.3, -0.25) is 5.41 Å². The van der Waals surface area contributed by atoms with Crippen molar-refractivity contribution in [3.63, 3.8) is 0 Å². The third kappa shape index (κ3) is 1.84. The highest BCUT2D eigenvalue weighted by Crippen LogP contribution is 2.36. The molecular formula is C14H20N4. The number of fused-ring (bicyclic) bond motifs is 2. The topological polar surface area (TPSA) is 60.9 Å². The first kappa shape index (κ1) is 11.8. The van der Waals surface area contributed by atoms with Crippen LogP contribution in [0, 0.1) is 29.1 Å². The molecule has 0 aromatic rings. The van der Waals surface area contributed by atoms with Gasteiger partial charge >= 0.3 is 0 Å². The van der Waals surface area contributed by atoms with Gasteiger partial charge in [-0.25, -0.2) is 15.0 Å². The Morgan fingerprint density at radius 2 is 1.50 bits per heavy atom. The Labute approximate surface area is 108 Å². The summed E-state index contributed by atoms with van der Waals surface area (Å²) < 4.78 is 0. The minimum Gasteiger partial charge on any atom is -0.286 e. The maximum Gasteiger partial charge on any atom is 0.135 e. The van der Waals surface area contributed by atoms with Crippen LogP contribution in [-0.4, -0.2) is 23.2 Å². The van der Waals surface area contributed by atoms with Crippen molar-refractivity contribution >= 4 is 23.2 Å². The molecule has 3 aliphatic rings. The van der Waals surface area contributed by atoms with Gasteiger partial charge in [-0.2, -0.15) is 0 Å². The van der Waals surface area contributed by atoms with Gasteiger partial charge in [0.05, 0.1) is 0 Å².